The van der Waals surface area contributed by atoms with Crippen molar-refractivity contribution in [3.05, 3.63) is 58.9 Å². The number of anilines is 1. The van der Waals surface area contributed by atoms with Crippen LogP contribution in [-0.2, 0) is 4.74 Å². The van der Waals surface area contributed by atoms with Gasteiger partial charge in [0.15, 0.2) is 6.23 Å². The first-order valence-corrected chi connectivity index (χ1v) is 8.55. The standard InChI is InChI=1S/C19H19N3O5/c23-14-9-27-19(16(25)15(14)24)21-12-7-3-1-5-10(12)17-20-13-8-4-2-6-11(13)18(26)22-17/h1-8,14-16,19,21,23-25H,9H2,(H,20,22,26)/t14-,15+,16-,19?/m1/s1. The van der Waals surface area contributed by atoms with Crippen LogP contribution in [0.5, 0.6) is 0 Å². The van der Waals surface area contributed by atoms with E-state index >= 15 is 0 Å². The number of fused-ring (bicyclic) bond motifs is 1. The number of benzene rings is 2. The van der Waals surface area contributed by atoms with Crippen LogP contribution in [0, 0.1) is 0 Å². The molecule has 4 atom stereocenters. The number of nitrogens with zero attached hydrogens (tertiary/aromatic N) is 1. The number of nitrogens with one attached hydrogen (secondary N) is 2. The van der Waals surface area contributed by atoms with Crippen molar-refractivity contribution in [2.75, 3.05) is 11.9 Å². The molecule has 0 radical (unpaired) electrons. The third-order valence-electron chi connectivity index (χ3n) is 4.59. The number of hydrogen-bond acceptors (Lipinski definition) is 7. The first-order valence-electron chi connectivity index (χ1n) is 8.55. The highest BCUT2D eigenvalue weighted by Crippen LogP contribution is 2.27. The van der Waals surface area contributed by atoms with Crippen molar-refractivity contribution >= 4 is 16.6 Å². The smallest absolute Gasteiger partial charge is 0.259 e. The average molecular weight is 369 g/mol. The van der Waals surface area contributed by atoms with E-state index in [4.69, 9.17) is 4.74 Å². The summed E-state index contributed by atoms with van der Waals surface area (Å²) >= 11 is 0. The lowest BCUT2D eigenvalue weighted by molar-refractivity contribution is -0.178. The van der Waals surface area contributed by atoms with Gasteiger partial charge in [-0.3, -0.25) is 4.79 Å². The highest BCUT2D eigenvalue weighted by Gasteiger charge is 2.37. The predicted molar refractivity (Wildman–Crippen MR) is 99.2 cm³/mol. The number of aliphatic hydroxyl groups excluding tert-OH is 3. The number of aromatic nitrogens is 2. The minimum atomic E-state index is -1.32. The van der Waals surface area contributed by atoms with Crippen molar-refractivity contribution < 1.29 is 20.1 Å². The van der Waals surface area contributed by atoms with Crippen LogP contribution in [0.1, 0.15) is 0 Å². The Kier molecular flexibility index (Phi) is 4.63. The summed E-state index contributed by atoms with van der Waals surface area (Å²) in [6, 6.07) is 14.1. The number of ether oxygens (including phenoxy) is 1. The minimum Gasteiger partial charge on any atom is -0.388 e. The van der Waals surface area contributed by atoms with E-state index in [0.717, 1.165) is 0 Å². The second-order valence-corrected chi connectivity index (χ2v) is 6.42. The Morgan fingerprint density at radius 1 is 1.04 bits per heavy atom. The predicted octanol–water partition coefficient (Wildman–Crippen LogP) is 0.441. The molecule has 1 fully saturated rings. The van der Waals surface area contributed by atoms with E-state index in [2.05, 4.69) is 15.3 Å². The molecule has 1 saturated heterocycles. The molecule has 0 aliphatic carbocycles. The molecule has 0 spiro atoms. The lowest BCUT2D eigenvalue weighted by atomic mass is 10.0. The van der Waals surface area contributed by atoms with Crippen molar-refractivity contribution in [2.45, 2.75) is 24.5 Å². The second-order valence-electron chi connectivity index (χ2n) is 6.42. The van der Waals surface area contributed by atoms with Crippen LogP contribution in [0.3, 0.4) is 0 Å². The summed E-state index contributed by atoms with van der Waals surface area (Å²) in [6.07, 6.45) is -4.70. The summed E-state index contributed by atoms with van der Waals surface area (Å²) in [6.45, 7) is -0.108. The van der Waals surface area contributed by atoms with Crippen molar-refractivity contribution in [3.63, 3.8) is 0 Å². The van der Waals surface area contributed by atoms with E-state index in [-0.39, 0.29) is 12.2 Å². The monoisotopic (exact) mass is 369 g/mol. The van der Waals surface area contributed by atoms with Crippen molar-refractivity contribution in [1.82, 2.24) is 9.97 Å². The maximum Gasteiger partial charge on any atom is 0.259 e. The molecule has 0 saturated carbocycles. The summed E-state index contributed by atoms with van der Waals surface area (Å²) in [5, 5.41) is 33.1. The Bertz CT molecular complexity index is 1020. The zero-order valence-corrected chi connectivity index (χ0v) is 14.2. The van der Waals surface area contributed by atoms with Gasteiger partial charge in [-0.15, -0.1) is 0 Å². The highest BCUT2D eigenvalue weighted by atomic mass is 16.5. The average Bonchev–Trinajstić information content (AvgIpc) is 2.69. The molecular formula is C19H19N3O5. The normalized spacial score (nSPS) is 25.4. The van der Waals surface area contributed by atoms with Gasteiger partial charge < -0.3 is 30.4 Å². The Morgan fingerprint density at radius 2 is 1.78 bits per heavy atom. The van der Waals surface area contributed by atoms with Crippen LogP contribution >= 0.6 is 0 Å². The zero-order valence-electron chi connectivity index (χ0n) is 14.2. The van der Waals surface area contributed by atoms with Gasteiger partial charge in [-0.1, -0.05) is 24.3 Å². The van der Waals surface area contributed by atoms with Gasteiger partial charge in [0.05, 0.1) is 17.5 Å². The van der Waals surface area contributed by atoms with Gasteiger partial charge in [0, 0.05) is 11.3 Å². The fourth-order valence-electron chi connectivity index (χ4n) is 3.12. The van der Waals surface area contributed by atoms with Gasteiger partial charge in [0.2, 0.25) is 0 Å². The molecule has 3 aromatic rings. The molecule has 1 aliphatic rings. The van der Waals surface area contributed by atoms with E-state index in [0.29, 0.717) is 28.0 Å². The number of H-pyrrole nitrogens is 1. The second kappa shape index (κ2) is 7.09. The Morgan fingerprint density at radius 3 is 2.63 bits per heavy atom. The van der Waals surface area contributed by atoms with Crippen LogP contribution in [-0.4, -0.2) is 56.4 Å². The first kappa shape index (κ1) is 17.6. The molecule has 2 heterocycles. The molecule has 0 amide bonds. The van der Waals surface area contributed by atoms with Crippen molar-refractivity contribution in [2.24, 2.45) is 0 Å². The summed E-state index contributed by atoms with van der Waals surface area (Å²) in [7, 11) is 0. The molecule has 0 bridgehead atoms. The Balaban J connectivity index is 1.71. The van der Waals surface area contributed by atoms with Crippen LogP contribution in [0.4, 0.5) is 5.69 Å². The number of aliphatic hydroxyl groups is 3. The number of rotatable bonds is 3. The summed E-state index contributed by atoms with van der Waals surface area (Å²) < 4.78 is 5.40. The summed E-state index contributed by atoms with van der Waals surface area (Å²) in [5.41, 5.74) is 1.48. The van der Waals surface area contributed by atoms with Gasteiger partial charge in [-0.25, -0.2) is 4.98 Å². The van der Waals surface area contributed by atoms with Crippen LogP contribution in [0.25, 0.3) is 22.3 Å². The zero-order chi connectivity index (χ0) is 19.0. The molecule has 8 nitrogen and oxygen atoms in total. The maximum atomic E-state index is 12.4. The molecule has 27 heavy (non-hydrogen) atoms. The van der Waals surface area contributed by atoms with Crippen molar-refractivity contribution in [3.8, 4) is 11.4 Å². The SMILES string of the molecule is O=c1[nH]c(-c2ccccc2NC2OC[C@@H](O)[C@H](O)[C@H]2O)nc2ccccc12. The van der Waals surface area contributed by atoms with E-state index in [9.17, 15) is 20.1 Å². The molecule has 1 unspecified atom stereocenters. The fraction of sp³-hybridized carbons (Fsp3) is 0.263. The number of para-hydroxylation sites is 2. The third kappa shape index (κ3) is 3.31. The van der Waals surface area contributed by atoms with Gasteiger partial charge >= 0.3 is 0 Å². The van der Waals surface area contributed by atoms with Gasteiger partial charge in [0.25, 0.3) is 5.56 Å². The molecule has 2 aromatic carbocycles. The topological polar surface area (TPSA) is 128 Å². The Hall–Kier alpha value is -2.78. The summed E-state index contributed by atoms with van der Waals surface area (Å²) in [5.74, 6) is 0.368. The molecule has 1 aliphatic heterocycles. The van der Waals surface area contributed by atoms with Crippen molar-refractivity contribution in [1.29, 1.82) is 0 Å². The lowest BCUT2D eigenvalue weighted by Crippen LogP contribution is -2.55. The highest BCUT2D eigenvalue weighted by molar-refractivity contribution is 5.81. The molecule has 8 heteroatoms. The van der Waals surface area contributed by atoms with Gasteiger partial charge in [-0.05, 0) is 24.3 Å². The Labute approximate surface area is 154 Å². The lowest BCUT2D eigenvalue weighted by Gasteiger charge is -2.36. The molecule has 1 aromatic heterocycles. The van der Waals surface area contributed by atoms with E-state index in [1.807, 2.05) is 6.07 Å². The largest absolute Gasteiger partial charge is 0.388 e. The minimum absolute atomic E-state index is 0.108. The van der Waals surface area contributed by atoms with Gasteiger partial charge in [-0.2, -0.15) is 0 Å². The van der Waals surface area contributed by atoms with E-state index < -0.39 is 24.5 Å². The molecule has 140 valence electrons. The first-order chi connectivity index (χ1) is 13.0. The molecular weight excluding hydrogens is 350 g/mol. The van der Waals surface area contributed by atoms with E-state index in [1.165, 1.54) is 0 Å². The van der Waals surface area contributed by atoms with Gasteiger partial charge in [0.1, 0.15) is 24.1 Å². The van der Waals surface area contributed by atoms with E-state index in [1.54, 1.807) is 42.5 Å². The number of aromatic amines is 1. The number of hydrogen-bond donors (Lipinski definition) is 5. The fourth-order valence-corrected chi connectivity index (χ4v) is 3.12. The quantitative estimate of drug-likeness (QED) is 0.453. The van der Waals surface area contributed by atoms with Crippen LogP contribution in [0.2, 0.25) is 0 Å². The summed E-state index contributed by atoms with van der Waals surface area (Å²) in [4.78, 5) is 19.7. The maximum absolute atomic E-state index is 12.4. The third-order valence-corrected chi connectivity index (χ3v) is 4.59. The molecule has 5 N–H and O–H groups in total. The molecule has 4 rings (SSSR count). The van der Waals surface area contributed by atoms with Crippen LogP contribution < -0.4 is 10.9 Å². The van der Waals surface area contributed by atoms with Crippen LogP contribution in [0.15, 0.2) is 53.3 Å².